The summed E-state index contributed by atoms with van der Waals surface area (Å²) in [5.41, 5.74) is 3.40. The van der Waals surface area contributed by atoms with Crippen LogP contribution in [0.5, 0.6) is 0 Å². The van der Waals surface area contributed by atoms with Gasteiger partial charge in [0.2, 0.25) is 5.91 Å². The predicted molar refractivity (Wildman–Crippen MR) is 99.3 cm³/mol. The first-order valence-corrected chi connectivity index (χ1v) is 8.93. The highest BCUT2D eigenvalue weighted by Crippen LogP contribution is 2.35. The molecule has 1 amide bonds. The third-order valence-electron chi connectivity index (χ3n) is 5.20. The van der Waals surface area contributed by atoms with E-state index in [-0.39, 0.29) is 11.9 Å². The maximum atomic E-state index is 12.4. The van der Waals surface area contributed by atoms with Crippen LogP contribution in [0.4, 0.5) is 0 Å². The van der Waals surface area contributed by atoms with Crippen LogP contribution in [0.1, 0.15) is 43.7 Å². The number of hydrogen-bond donors (Lipinski definition) is 0. The van der Waals surface area contributed by atoms with Gasteiger partial charge in [-0.3, -0.25) is 4.79 Å². The molecule has 0 unspecified atom stereocenters. The fourth-order valence-corrected chi connectivity index (χ4v) is 3.93. The molecule has 2 heterocycles. The van der Waals surface area contributed by atoms with Crippen molar-refractivity contribution in [3.05, 3.63) is 66.0 Å². The number of imidazole rings is 1. The smallest absolute Gasteiger partial charge is 0.220 e. The lowest BCUT2D eigenvalue weighted by Gasteiger charge is -2.28. The Balaban J connectivity index is 1.87. The molecule has 0 N–H and O–H groups in total. The van der Waals surface area contributed by atoms with Gasteiger partial charge < -0.3 is 9.47 Å². The van der Waals surface area contributed by atoms with E-state index in [0.717, 1.165) is 36.2 Å². The molecule has 1 aliphatic heterocycles. The topological polar surface area (TPSA) is 38.1 Å². The van der Waals surface area contributed by atoms with E-state index >= 15 is 0 Å². The van der Waals surface area contributed by atoms with Gasteiger partial charge in [0.05, 0.1) is 17.1 Å². The van der Waals surface area contributed by atoms with Crippen LogP contribution >= 0.6 is 0 Å². The Morgan fingerprint density at radius 3 is 2.60 bits per heavy atom. The molecule has 0 saturated carbocycles. The summed E-state index contributed by atoms with van der Waals surface area (Å²) in [5, 5.41) is 0. The molecular formula is C21H23N3O. The van der Waals surface area contributed by atoms with Gasteiger partial charge in [-0.1, -0.05) is 42.5 Å². The molecule has 1 aromatic heterocycles. The predicted octanol–water partition coefficient (Wildman–Crippen LogP) is 4.13. The summed E-state index contributed by atoms with van der Waals surface area (Å²) in [6.07, 6.45) is 1.73. The highest BCUT2D eigenvalue weighted by Gasteiger charge is 2.32. The van der Waals surface area contributed by atoms with E-state index < -0.39 is 0 Å². The largest absolute Gasteiger partial charge is 0.332 e. The lowest BCUT2D eigenvalue weighted by atomic mass is 10.0. The highest BCUT2D eigenvalue weighted by molar-refractivity contribution is 5.77. The fraction of sp³-hybridized carbons (Fsp3) is 0.333. The average Bonchev–Trinajstić information content (AvgIpc) is 2.94. The zero-order valence-electron chi connectivity index (χ0n) is 14.7. The van der Waals surface area contributed by atoms with Crippen molar-refractivity contribution in [3.63, 3.8) is 0 Å². The van der Waals surface area contributed by atoms with Crippen molar-refractivity contribution >= 4 is 16.9 Å². The summed E-state index contributed by atoms with van der Waals surface area (Å²) in [4.78, 5) is 19.3. The molecule has 25 heavy (non-hydrogen) atoms. The number of rotatable bonds is 2. The maximum Gasteiger partial charge on any atom is 0.220 e. The monoisotopic (exact) mass is 333 g/mol. The van der Waals surface area contributed by atoms with Gasteiger partial charge in [-0.15, -0.1) is 0 Å². The first-order chi connectivity index (χ1) is 12.1. The van der Waals surface area contributed by atoms with Crippen LogP contribution in [0.15, 0.2) is 54.6 Å². The molecule has 0 saturated heterocycles. The lowest BCUT2D eigenvalue weighted by Crippen LogP contribution is -2.34. The van der Waals surface area contributed by atoms with E-state index in [0.29, 0.717) is 6.04 Å². The average molecular weight is 333 g/mol. The van der Waals surface area contributed by atoms with E-state index in [1.54, 1.807) is 6.92 Å². The van der Waals surface area contributed by atoms with E-state index in [1.165, 1.54) is 5.56 Å². The SMILES string of the molecule is CC(=O)N1CC[C@H](C)n2c(nc3ccccc32)[C@@H]1Cc1ccccc1. The van der Waals surface area contributed by atoms with E-state index in [9.17, 15) is 4.79 Å². The molecule has 4 nitrogen and oxygen atoms in total. The summed E-state index contributed by atoms with van der Waals surface area (Å²) < 4.78 is 2.34. The minimum Gasteiger partial charge on any atom is -0.332 e. The second kappa shape index (κ2) is 6.36. The van der Waals surface area contributed by atoms with Gasteiger partial charge in [0, 0.05) is 25.9 Å². The number of para-hydroxylation sites is 2. The van der Waals surface area contributed by atoms with Gasteiger partial charge in [0.1, 0.15) is 5.82 Å². The summed E-state index contributed by atoms with van der Waals surface area (Å²) in [5.74, 6) is 1.12. The highest BCUT2D eigenvalue weighted by atomic mass is 16.2. The minimum absolute atomic E-state index is 0.0303. The molecule has 0 fully saturated rings. The van der Waals surface area contributed by atoms with Crippen LogP contribution in [0.3, 0.4) is 0 Å². The number of fused-ring (bicyclic) bond motifs is 3. The summed E-state index contributed by atoms with van der Waals surface area (Å²) in [6, 6.07) is 18.9. The van der Waals surface area contributed by atoms with Crippen molar-refractivity contribution in [2.24, 2.45) is 0 Å². The quantitative estimate of drug-likeness (QED) is 0.707. The third kappa shape index (κ3) is 2.82. The molecule has 0 spiro atoms. The zero-order chi connectivity index (χ0) is 17.4. The number of aromatic nitrogens is 2. The number of amides is 1. The second-order valence-electron chi connectivity index (χ2n) is 6.88. The van der Waals surface area contributed by atoms with Crippen molar-refractivity contribution in [2.75, 3.05) is 6.54 Å². The minimum atomic E-state index is -0.0303. The Kier molecular flexibility index (Phi) is 4.04. The summed E-state index contributed by atoms with van der Waals surface area (Å²) in [6.45, 7) is 4.66. The van der Waals surface area contributed by atoms with Gasteiger partial charge in [0.15, 0.2) is 0 Å². The molecule has 0 radical (unpaired) electrons. The van der Waals surface area contributed by atoms with Crippen molar-refractivity contribution < 1.29 is 4.79 Å². The van der Waals surface area contributed by atoms with Gasteiger partial charge in [-0.05, 0) is 31.0 Å². The molecule has 2 aromatic carbocycles. The lowest BCUT2D eigenvalue weighted by molar-refractivity contribution is -0.131. The molecule has 4 heteroatoms. The van der Waals surface area contributed by atoms with Crippen molar-refractivity contribution in [3.8, 4) is 0 Å². The third-order valence-corrected chi connectivity index (χ3v) is 5.20. The fourth-order valence-electron chi connectivity index (χ4n) is 3.93. The molecular weight excluding hydrogens is 310 g/mol. The van der Waals surface area contributed by atoms with Crippen LogP contribution in [0.2, 0.25) is 0 Å². The molecule has 3 aromatic rings. The van der Waals surface area contributed by atoms with Crippen molar-refractivity contribution in [1.29, 1.82) is 0 Å². The van der Waals surface area contributed by atoms with Gasteiger partial charge in [-0.25, -0.2) is 4.98 Å². The molecule has 4 rings (SSSR count). The Hall–Kier alpha value is -2.62. The molecule has 0 aliphatic carbocycles. The standard InChI is InChI=1S/C21H23N3O/c1-15-12-13-23(16(2)25)20(14-17-8-4-3-5-9-17)21-22-18-10-6-7-11-19(18)24(15)21/h3-11,15,20H,12-14H2,1-2H3/t15-,20-/m0/s1. The number of carbonyl (C=O) groups is 1. The van der Waals surface area contributed by atoms with E-state index in [1.807, 2.05) is 17.0 Å². The summed E-state index contributed by atoms with van der Waals surface area (Å²) in [7, 11) is 0. The van der Waals surface area contributed by atoms with Crippen molar-refractivity contribution in [1.82, 2.24) is 14.5 Å². The number of nitrogens with zero attached hydrogens (tertiary/aromatic N) is 3. The van der Waals surface area contributed by atoms with Gasteiger partial charge >= 0.3 is 0 Å². The first-order valence-electron chi connectivity index (χ1n) is 8.93. The van der Waals surface area contributed by atoms with E-state index in [2.05, 4.69) is 54.0 Å². The zero-order valence-corrected chi connectivity index (χ0v) is 14.7. The Morgan fingerprint density at radius 1 is 1.12 bits per heavy atom. The van der Waals surface area contributed by atoms with Crippen molar-refractivity contribution in [2.45, 2.75) is 38.8 Å². The van der Waals surface area contributed by atoms with Crippen LogP contribution < -0.4 is 0 Å². The Bertz CT molecular complexity index is 900. The first kappa shape index (κ1) is 15.9. The maximum absolute atomic E-state index is 12.4. The van der Waals surface area contributed by atoms with E-state index in [4.69, 9.17) is 4.98 Å². The van der Waals surface area contributed by atoms with Crippen LogP contribution in [0.25, 0.3) is 11.0 Å². The van der Waals surface area contributed by atoms with Crippen LogP contribution in [-0.2, 0) is 11.2 Å². The molecule has 1 aliphatic rings. The Labute approximate surface area is 148 Å². The number of benzene rings is 2. The normalized spacial score (nSPS) is 20.3. The molecule has 0 bridgehead atoms. The molecule has 2 atom stereocenters. The van der Waals surface area contributed by atoms with Gasteiger partial charge in [0.25, 0.3) is 0 Å². The summed E-state index contributed by atoms with van der Waals surface area (Å²) >= 11 is 0. The second-order valence-corrected chi connectivity index (χ2v) is 6.88. The number of hydrogen-bond acceptors (Lipinski definition) is 2. The molecule has 128 valence electrons. The Morgan fingerprint density at radius 2 is 1.84 bits per heavy atom. The number of carbonyl (C=O) groups excluding carboxylic acids is 1. The van der Waals surface area contributed by atoms with Crippen LogP contribution in [0, 0.1) is 0 Å². The van der Waals surface area contributed by atoms with Crippen LogP contribution in [-0.4, -0.2) is 26.9 Å². The van der Waals surface area contributed by atoms with Gasteiger partial charge in [-0.2, -0.15) is 0 Å².